The van der Waals surface area contributed by atoms with Gasteiger partial charge in [-0.25, -0.2) is 0 Å². The minimum atomic E-state index is -0.609. The Morgan fingerprint density at radius 1 is 1.64 bits per heavy atom. The molecule has 0 spiro atoms. The summed E-state index contributed by atoms with van der Waals surface area (Å²) in [4.78, 5) is 21.7. The lowest BCUT2D eigenvalue weighted by Gasteiger charge is -2.33. The van der Waals surface area contributed by atoms with Crippen molar-refractivity contribution in [1.82, 2.24) is 5.32 Å². The van der Waals surface area contributed by atoms with E-state index in [-0.39, 0.29) is 5.91 Å². The number of aldehydes is 1. The topological polar surface area (TPSA) is 55.4 Å². The fraction of sp³-hybridized carbons (Fsp3) is 0.800. The average molecular weight is 201 g/mol. The molecule has 14 heavy (non-hydrogen) atoms. The van der Waals surface area contributed by atoms with Crippen LogP contribution in [0.4, 0.5) is 0 Å². The summed E-state index contributed by atoms with van der Waals surface area (Å²) >= 11 is 0. The average Bonchev–Trinajstić information content (AvgIpc) is 2.14. The highest BCUT2D eigenvalue weighted by atomic mass is 16.5. The first-order valence-corrected chi connectivity index (χ1v) is 4.77. The van der Waals surface area contributed by atoms with Crippen LogP contribution in [0.1, 0.15) is 33.6 Å². The van der Waals surface area contributed by atoms with E-state index in [0.29, 0.717) is 0 Å². The van der Waals surface area contributed by atoms with Gasteiger partial charge >= 0.3 is 0 Å². The van der Waals surface area contributed by atoms with Gasteiger partial charge in [0.15, 0.2) is 0 Å². The SMILES string of the molecule is CCC[C@](C)(OC)[C@@H](C=O)NC(C)=O. The number of methoxy groups -OCH3 is 1. The summed E-state index contributed by atoms with van der Waals surface area (Å²) < 4.78 is 5.29. The molecule has 0 aromatic rings. The molecule has 0 aliphatic rings. The van der Waals surface area contributed by atoms with Gasteiger partial charge in [0.1, 0.15) is 12.3 Å². The zero-order chi connectivity index (χ0) is 11.2. The lowest BCUT2D eigenvalue weighted by molar-refractivity contribution is -0.128. The highest BCUT2D eigenvalue weighted by molar-refractivity contribution is 5.77. The molecule has 0 unspecified atom stereocenters. The highest BCUT2D eigenvalue weighted by Crippen LogP contribution is 2.20. The Morgan fingerprint density at radius 3 is 2.50 bits per heavy atom. The van der Waals surface area contributed by atoms with Crippen LogP contribution in [0.3, 0.4) is 0 Å². The number of ether oxygens (including phenoxy) is 1. The van der Waals surface area contributed by atoms with E-state index in [9.17, 15) is 9.59 Å². The molecule has 0 rings (SSSR count). The highest BCUT2D eigenvalue weighted by Gasteiger charge is 2.33. The summed E-state index contributed by atoms with van der Waals surface area (Å²) in [7, 11) is 1.55. The number of carbonyl (C=O) groups excluding carboxylic acids is 2. The molecule has 0 aliphatic heterocycles. The maximum atomic E-state index is 10.9. The molecule has 0 heterocycles. The molecule has 82 valence electrons. The number of amides is 1. The molecule has 2 atom stereocenters. The van der Waals surface area contributed by atoms with Crippen molar-refractivity contribution in [3.63, 3.8) is 0 Å². The van der Waals surface area contributed by atoms with Gasteiger partial charge in [-0.05, 0) is 13.3 Å². The summed E-state index contributed by atoms with van der Waals surface area (Å²) in [5.74, 6) is -0.221. The van der Waals surface area contributed by atoms with Crippen LogP contribution in [-0.4, -0.2) is 30.9 Å². The summed E-state index contributed by atoms with van der Waals surface area (Å²) in [5, 5.41) is 2.57. The minimum Gasteiger partial charge on any atom is -0.376 e. The Labute approximate surface area is 85.0 Å². The van der Waals surface area contributed by atoms with Crippen molar-refractivity contribution in [2.24, 2.45) is 0 Å². The molecule has 1 amide bonds. The molecule has 4 heteroatoms. The van der Waals surface area contributed by atoms with E-state index in [1.54, 1.807) is 7.11 Å². The van der Waals surface area contributed by atoms with Crippen molar-refractivity contribution in [1.29, 1.82) is 0 Å². The zero-order valence-corrected chi connectivity index (χ0v) is 9.29. The molecule has 0 fully saturated rings. The van der Waals surface area contributed by atoms with Gasteiger partial charge in [-0.2, -0.15) is 0 Å². The summed E-state index contributed by atoms with van der Waals surface area (Å²) in [6, 6.07) is -0.579. The van der Waals surface area contributed by atoms with Crippen LogP contribution >= 0.6 is 0 Å². The largest absolute Gasteiger partial charge is 0.376 e. The third kappa shape index (κ3) is 3.46. The van der Waals surface area contributed by atoms with E-state index < -0.39 is 11.6 Å². The Bertz CT molecular complexity index is 206. The van der Waals surface area contributed by atoms with E-state index in [0.717, 1.165) is 19.1 Å². The molecule has 0 radical (unpaired) electrons. The van der Waals surface area contributed by atoms with Gasteiger partial charge in [-0.15, -0.1) is 0 Å². The smallest absolute Gasteiger partial charge is 0.217 e. The van der Waals surface area contributed by atoms with Crippen LogP contribution in [-0.2, 0) is 14.3 Å². The van der Waals surface area contributed by atoms with Gasteiger partial charge in [-0.1, -0.05) is 13.3 Å². The maximum Gasteiger partial charge on any atom is 0.217 e. The van der Waals surface area contributed by atoms with Crippen LogP contribution in [0.25, 0.3) is 0 Å². The first-order valence-electron chi connectivity index (χ1n) is 4.77. The van der Waals surface area contributed by atoms with Gasteiger partial charge in [0, 0.05) is 14.0 Å². The molecular formula is C10H19NO3. The molecule has 0 saturated heterocycles. The molecule has 0 aliphatic carbocycles. The van der Waals surface area contributed by atoms with E-state index in [1.165, 1.54) is 6.92 Å². The lowest BCUT2D eigenvalue weighted by Crippen LogP contribution is -2.52. The second kappa shape index (κ2) is 5.75. The molecule has 1 N–H and O–H groups in total. The standard InChI is InChI=1S/C10H19NO3/c1-5-6-10(3,14-4)9(7-12)11-8(2)13/h7,9H,5-6H2,1-4H3,(H,11,13)/t9-,10+/m1/s1. The number of nitrogens with one attached hydrogen (secondary N) is 1. The van der Waals surface area contributed by atoms with Gasteiger partial charge in [0.2, 0.25) is 5.91 Å². The van der Waals surface area contributed by atoms with Gasteiger partial charge in [0.25, 0.3) is 0 Å². The fourth-order valence-electron chi connectivity index (χ4n) is 1.43. The van der Waals surface area contributed by atoms with Gasteiger partial charge < -0.3 is 14.8 Å². The fourth-order valence-corrected chi connectivity index (χ4v) is 1.43. The summed E-state index contributed by atoms with van der Waals surface area (Å²) in [6.45, 7) is 5.22. The Hall–Kier alpha value is -0.900. The van der Waals surface area contributed by atoms with Crippen molar-refractivity contribution >= 4 is 12.2 Å². The monoisotopic (exact) mass is 201 g/mol. The van der Waals surface area contributed by atoms with Crippen molar-refractivity contribution < 1.29 is 14.3 Å². The van der Waals surface area contributed by atoms with Crippen LogP contribution in [0.2, 0.25) is 0 Å². The molecule has 0 aromatic carbocycles. The first kappa shape index (κ1) is 13.1. The minimum absolute atomic E-state index is 0.221. The normalized spacial score (nSPS) is 16.9. The Kier molecular flexibility index (Phi) is 5.38. The van der Waals surface area contributed by atoms with Crippen molar-refractivity contribution in [3.05, 3.63) is 0 Å². The third-order valence-corrected chi connectivity index (χ3v) is 2.37. The summed E-state index contributed by atoms with van der Waals surface area (Å²) in [6.07, 6.45) is 2.35. The van der Waals surface area contributed by atoms with Crippen molar-refractivity contribution in [3.8, 4) is 0 Å². The molecule has 0 bridgehead atoms. The van der Waals surface area contributed by atoms with E-state index in [1.807, 2.05) is 13.8 Å². The van der Waals surface area contributed by atoms with Crippen molar-refractivity contribution in [2.75, 3.05) is 7.11 Å². The number of carbonyl (C=O) groups is 2. The van der Waals surface area contributed by atoms with E-state index >= 15 is 0 Å². The van der Waals surface area contributed by atoms with Crippen LogP contribution in [0, 0.1) is 0 Å². The quantitative estimate of drug-likeness (QED) is 0.649. The van der Waals surface area contributed by atoms with Gasteiger partial charge in [0.05, 0.1) is 5.60 Å². The second-order valence-corrected chi connectivity index (χ2v) is 3.58. The zero-order valence-electron chi connectivity index (χ0n) is 9.29. The maximum absolute atomic E-state index is 10.9. The Balaban J connectivity index is 4.57. The van der Waals surface area contributed by atoms with E-state index in [4.69, 9.17) is 4.74 Å². The van der Waals surface area contributed by atoms with Gasteiger partial charge in [-0.3, -0.25) is 4.79 Å². The second-order valence-electron chi connectivity index (χ2n) is 3.58. The number of hydrogen-bond donors (Lipinski definition) is 1. The predicted molar refractivity (Wildman–Crippen MR) is 54.0 cm³/mol. The van der Waals surface area contributed by atoms with Crippen LogP contribution in [0.5, 0.6) is 0 Å². The molecule has 0 aromatic heterocycles. The predicted octanol–water partition coefficient (Wildman–Crippen LogP) is 0.895. The Morgan fingerprint density at radius 2 is 2.21 bits per heavy atom. The first-order chi connectivity index (χ1) is 6.50. The number of rotatable bonds is 6. The van der Waals surface area contributed by atoms with Crippen LogP contribution in [0.15, 0.2) is 0 Å². The molecule has 4 nitrogen and oxygen atoms in total. The summed E-state index contributed by atoms with van der Waals surface area (Å²) in [5.41, 5.74) is -0.609. The lowest BCUT2D eigenvalue weighted by atomic mass is 9.92. The third-order valence-electron chi connectivity index (χ3n) is 2.37. The molecular weight excluding hydrogens is 182 g/mol. The van der Waals surface area contributed by atoms with Crippen LogP contribution < -0.4 is 5.32 Å². The van der Waals surface area contributed by atoms with Crippen molar-refractivity contribution in [2.45, 2.75) is 45.3 Å². The van der Waals surface area contributed by atoms with E-state index in [2.05, 4.69) is 5.32 Å². The number of hydrogen-bond acceptors (Lipinski definition) is 3. The molecule has 0 saturated carbocycles.